The molecule has 0 spiro atoms. The van der Waals surface area contributed by atoms with Gasteiger partial charge in [-0.15, -0.1) is 0 Å². The van der Waals surface area contributed by atoms with Crippen molar-refractivity contribution in [3.63, 3.8) is 0 Å². The van der Waals surface area contributed by atoms with Crippen molar-refractivity contribution in [1.82, 2.24) is 10.1 Å². The topological polar surface area (TPSA) is 49.5 Å². The molecule has 0 aliphatic carbocycles. The highest BCUT2D eigenvalue weighted by molar-refractivity contribution is 5.26. The fourth-order valence-corrected chi connectivity index (χ4v) is 2.71. The van der Waals surface area contributed by atoms with Crippen LogP contribution in [-0.2, 0) is 6.54 Å². The summed E-state index contributed by atoms with van der Waals surface area (Å²) in [5.74, 6) is 1.28. The van der Waals surface area contributed by atoms with Gasteiger partial charge >= 0.3 is 0 Å². The molecule has 1 atom stereocenters. The first-order chi connectivity index (χ1) is 9.22. The largest absolute Gasteiger partial charge is 0.508 e. The van der Waals surface area contributed by atoms with Gasteiger partial charge in [0.1, 0.15) is 5.75 Å². The first-order valence-corrected chi connectivity index (χ1v) is 6.67. The van der Waals surface area contributed by atoms with E-state index >= 15 is 0 Å². The normalized spacial score (nSPS) is 19.9. The summed E-state index contributed by atoms with van der Waals surface area (Å²) in [6.45, 7) is 3.91. The molecule has 1 aromatic heterocycles. The average molecular weight is 258 g/mol. The van der Waals surface area contributed by atoms with Crippen LogP contribution in [-0.4, -0.2) is 21.7 Å². The SMILES string of the molecule is Cc1cc([C@H]2CCCN2Cc2ccc(O)cc2)on1. The summed E-state index contributed by atoms with van der Waals surface area (Å²) in [5.41, 5.74) is 2.15. The Hall–Kier alpha value is -1.81. The molecule has 1 N–H and O–H groups in total. The third kappa shape index (κ3) is 2.63. The number of rotatable bonds is 3. The molecule has 4 nitrogen and oxygen atoms in total. The molecule has 0 unspecified atom stereocenters. The van der Waals surface area contributed by atoms with Gasteiger partial charge in [-0.1, -0.05) is 17.3 Å². The molecule has 1 saturated heterocycles. The maximum atomic E-state index is 9.31. The number of hydrogen-bond acceptors (Lipinski definition) is 4. The number of aromatic hydroxyl groups is 1. The molecule has 0 amide bonds. The Morgan fingerprint density at radius 1 is 1.37 bits per heavy atom. The zero-order valence-corrected chi connectivity index (χ0v) is 11.0. The molecule has 2 heterocycles. The average Bonchev–Trinajstić information content (AvgIpc) is 3.01. The van der Waals surface area contributed by atoms with E-state index in [-0.39, 0.29) is 0 Å². The second kappa shape index (κ2) is 5.05. The Bertz CT molecular complexity index is 548. The van der Waals surface area contributed by atoms with Gasteiger partial charge in [-0.25, -0.2) is 0 Å². The number of phenols is 1. The van der Waals surface area contributed by atoms with Crippen LogP contribution in [0.2, 0.25) is 0 Å². The molecule has 2 aromatic rings. The van der Waals surface area contributed by atoms with Gasteiger partial charge in [0.05, 0.1) is 11.7 Å². The fraction of sp³-hybridized carbons (Fsp3) is 0.400. The highest BCUT2D eigenvalue weighted by Crippen LogP contribution is 2.33. The minimum absolute atomic E-state index is 0.313. The van der Waals surface area contributed by atoms with Crippen molar-refractivity contribution in [2.24, 2.45) is 0 Å². The Balaban J connectivity index is 1.74. The van der Waals surface area contributed by atoms with E-state index in [0.29, 0.717) is 11.8 Å². The van der Waals surface area contributed by atoms with Crippen molar-refractivity contribution in [2.75, 3.05) is 6.54 Å². The summed E-state index contributed by atoms with van der Waals surface area (Å²) in [6.07, 6.45) is 2.30. The molecule has 0 radical (unpaired) electrons. The van der Waals surface area contributed by atoms with E-state index in [1.165, 1.54) is 12.0 Å². The zero-order chi connectivity index (χ0) is 13.2. The second-order valence-corrected chi connectivity index (χ2v) is 5.17. The maximum Gasteiger partial charge on any atom is 0.154 e. The standard InChI is InChI=1S/C15H18N2O2/c1-11-9-15(19-16-11)14-3-2-8-17(14)10-12-4-6-13(18)7-5-12/h4-7,9,14,18H,2-3,8,10H2,1H3/t14-/m1/s1. The second-order valence-electron chi connectivity index (χ2n) is 5.17. The Labute approximate surface area is 112 Å². The highest BCUT2D eigenvalue weighted by Gasteiger charge is 2.28. The lowest BCUT2D eigenvalue weighted by Gasteiger charge is -2.22. The molecule has 1 aromatic carbocycles. The Kier molecular flexibility index (Phi) is 3.25. The van der Waals surface area contributed by atoms with Gasteiger partial charge in [0.15, 0.2) is 5.76 Å². The van der Waals surface area contributed by atoms with Gasteiger partial charge in [-0.3, -0.25) is 4.90 Å². The minimum atomic E-state index is 0.313. The molecule has 100 valence electrons. The van der Waals surface area contributed by atoms with Crippen molar-refractivity contribution >= 4 is 0 Å². The number of likely N-dealkylation sites (tertiary alicyclic amines) is 1. The third-order valence-corrected chi connectivity index (χ3v) is 3.66. The van der Waals surface area contributed by atoms with E-state index in [1.807, 2.05) is 25.1 Å². The van der Waals surface area contributed by atoms with E-state index in [9.17, 15) is 5.11 Å². The molecule has 3 rings (SSSR count). The van der Waals surface area contributed by atoms with Crippen LogP contribution in [0.5, 0.6) is 5.75 Å². The van der Waals surface area contributed by atoms with Crippen LogP contribution in [0.3, 0.4) is 0 Å². The summed E-state index contributed by atoms with van der Waals surface area (Å²) < 4.78 is 5.40. The van der Waals surface area contributed by atoms with Gasteiger partial charge in [-0.2, -0.15) is 0 Å². The van der Waals surface area contributed by atoms with Gasteiger partial charge < -0.3 is 9.63 Å². The number of aromatic nitrogens is 1. The van der Waals surface area contributed by atoms with Crippen LogP contribution in [0.25, 0.3) is 0 Å². The van der Waals surface area contributed by atoms with Crippen LogP contribution in [0.4, 0.5) is 0 Å². The van der Waals surface area contributed by atoms with Gasteiger partial charge in [-0.05, 0) is 44.0 Å². The lowest BCUT2D eigenvalue weighted by Crippen LogP contribution is -2.22. The summed E-state index contributed by atoms with van der Waals surface area (Å²) in [4.78, 5) is 2.41. The number of aryl methyl sites for hydroxylation is 1. The van der Waals surface area contributed by atoms with Crippen LogP contribution < -0.4 is 0 Å². The van der Waals surface area contributed by atoms with E-state index in [1.54, 1.807) is 12.1 Å². The van der Waals surface area contributed by atoms with Crippen molar-refractivity contribution < 1.29 is 9.63 Å². The fourth-order valence-electron chi connectivity index (χ4n) is 2.71. The number of nitrogens with zero attached hydrogens (tertiary/aromatic N) is 2. The van der Waals surface area contributed by atoms with Crippen molar-refractivity contribution in [3.05, 3.63) is 47.3 Å². The monoisotopic (exact) mass is 258 g/mol. The number of benzene rings is 1. The maximum absolute atomic E-state index is 9.31. The molecule has 1 aliphatic heterocycles. The van der Waals surface area contributed by atoms with Gasteiger partial charge in [0.25, 0.3) is 0 Å². The predicted molar refractivity (Wildman–Crippen MR) is 71.7 cm³/mol. The van der Waals surface area contributed by atoms with Crippen LogP contribution in [0.1, 0.15) is 35.9 Å². The zero-order valence-electron chi connectivity index (χ0n) is 11.0. The highest BCUT2D eigenvalue weighted by atomic mass is 16.5. The summed E-state index contributed by atoms with van der Waals surface area (Å²) in [5, 5.41) is 13.3. The quantitative estimate of drug-likeness (QED) is 0.919. The molecule has 4 heteroatoms. The van der Waals surface area contributed by atoms with Crippen LogP contribution in [0.15, 0.2) is 34.9 Å². The van der Waals surface area contributed by atoms with Crippen molar-refractivity contribution in [3.8, 4) is 5.75 Å². The molecular formula is C15H18N2O2. The Morgan fingerprint density at radius 3 is 2.84 bits per heavy atom. The third-order valence-electron chi connectivity index (χ3n) is 3.66. The van der Waals surface area contributed by atoms with E-state index < -0.39 is 0 Å². The van der Waals surface area contributed by atoms with Gasteiger partial charge in [0, 0.05) is 12.6 Å². The molecule has 1 aliphatic rings. The summed E-state index contributed by atoms with van der Waals surface area (Å²) >= 11 is 0. The van der Waals surface area contributed by atoms with Gasteiger partial charge in [0.2, 0.25) is 0 Å². The lowest BCUT2D eigenvalue weighted by atomic mass is 10.1. The molecular weight excluding hydrogens is 240 g/mol. The number of phenolic OH excluding ortho intramolecular Hbond substituents is 1. The minimum Gasteiger partial charge on any atom is -0.508 e. The lowest BCUT2D eigenvalue weighted by molar-refractivity contribution is 0.206. The van der Waals surface area contributed by atoms with Crippen molar-refractivity contribution in [1.29, 1.82) is 0 Å². The number of hydrogen-bond donors (Lipinski definition) is 1. The summed E-state index contributed by atoms with van der Waals surface area (Å²) in [6, 6.07) is 9.76. The van der Waals surface area contributed by atoms with E-state index in [4.69, 9.17) is 4.52 Å². The van der Waals surface area contributed by atoms with Crippen LogP contribution in [0, 0.1) is 6.92 Å². The molecule has 1 fully saturated rings. The first kappa shape index (κ1) is 12.2. The van der Waals surface area contributed by atoms with E-state index in [0.717, 1.165) is 31.0 Å². The van der Waals surface area contributed by atoms with Crippen molar-refractivity contribution in [2.45, 2.75) is 32.4 Å². The Morgan fingerprint density at radius 2 is 2.16 bits per heavy atom. The first-order valence-electron chi connectivity index (χ1n) is 6.67. The predicted octanol–water partition coefficient (Wildman–Crippen LogP) is 3.03. The van der Waals surface area contributed by atoms with E-state index in [2.05, 4.69) is 10.1 Å². The molecule has 19 heavy (non-hydrogen) atoms. The summed E-state index contributed by atoms with van der Waals surface area (Å²) in [7, 11) is 0. The molecule has 0 saturated carbocycles. The smallest absolute Gasteiger partial charge is 0.154 e. The van der Waals surface area contributed by atoms with Crippen LogP contribution >= 0.6 is 0 Å². The molecule has 0 bridgehead atoms.